The van der Waals surface area contributed by atoms with E-state index in [2.05, 4.69) is 32.5 Å². The third kappa shape index (κ3) is 5.79. The van der Waals surface area contributed by atoms with Crippen LogP contribution in [-0.4, -0.2) is 61.5 Å². The van der Waals surface area contributed by atoms with Gasteiger partial charge < -0.3 is 20.4 Å². The van der Waals surface area contributed by atoms with E-state index in [0.29, 0.717) is 30.6 Å². The number of nitrogens with zero attached hydrogens (tertiary/aromatic N) is 3. The summed E-state index contributed by atoms with van der Waals surface area (Å²) in [5.74, 6) is 0.738. The van der Waals surface area contributed by atoms with Crippen LogP contribution in [0.2, 0.25) is 0 Å². The summed E-state index contributed by atoms with van der Waals surface area (Å²) < 4.78 is 0. The summed E-state index contributed by atoms with van der Waals surface area (Å²) in [7, 11) is 2.12. The maximum Gasteiger partial charge on any atom is 0.251 e. The molecule has 2 amide bonds. The maximum absolute atomic E-state index is 12.1. The number of benzene rings is 1. The van der Waals surface area contributed by atoms with Crippen LogP contribution in [-0.2, 0) is 4.79 Å². The molecule has 0 atom stereocenters. The number of carbonyl (C=O) groups excluding carboxylic acids is 2. The number of aromatic nitrogens is 1. The molecule has 2 aromatic rings. The minimum atomic E-state index is -0.121. The first-order valence-corrected chi connectivity index (χ1v) is 9.64. The number of likely N-dealkylation sites (N-methyl/N-ethyl adjacent to an activating group) is 1. The normalized spacial score (nSPS) is 14.5. The molecule has 1 aliphatic heterocycles. The number of nitrogens with one attached hydrogen (secondary N) is 2. The lowest BCUT2D eigenvalue weighted by Gasteiger charge is -2.33. The van der Waals surface area contributed by atoms with Crippen LogP contribution in [0.3, 0.4) is 0 Å². The van der Waals surface area contributed by atoms with Crippen LogP contribution in [0, 0.1) is 0 Å². The Balaban J connectivity index is 1.37. The second-order valence-corrected chi connectivity index (χ2v) is 6.97. The van der Waals surface area contributed by atoms with Crippen molar-refractivity contribution >= 4 is 23.3 Å². The van der Waals surface area contributed by atoms with Gasteiger partial charge in [0.05, 0.1) is 11.9 Å². The molecule has 1 fully saturated rings. The van der Waals surface area contributed by atoms with Crippen LogP contribution in [0.1, 0.15) is 23.2 Å². The van der Waals surface area contributed by atoms with E-state index >= 15 is 0 Å². The Morgan fingerprint density at radius 3 is 2.46 bits per heavy atom. The van der Waals surface area contributed by atoms with Crippen molar-refractivity contribution in [1.29, 1.82) is 0 Å². The lowest BCUT2D eigenvalue weighted by molar-refractivity contribution is -0.116. The predicted octanol–water partition coefficient (Wildman–Crippen LogP) is 1.98. The lowest BCUT2D eigenvalue weighted by Crippen LogP contribution is -2.44. The van der Waals surface area contributed by atoms with Gasteiger partial charge in [0, 0.05) is 44.7 Å². The third-order valence-electron chi connectivity index (χ3n) is 4.76. The van der Waals surface area contributed by atoms with E-state index in [1.54, 1.807) is 18.3 Å². The van der Waals surface area contributed by atoms with Crippen molar-refractivity contribution in [2.75, 3.05) is 50.0 Å². The summed E-state index contributed by atoms with van der Waals surface area (Å²) in [4.78, 5) is 33.0. The molecule has 1 aromatic carbocycles. The molecule has 7 heteroatoms. The molecule has 2 N–H and O–H groups in total. The highest BCUT2D eigenvalue weighted by atomic mass is 16.2. The monoisotopic (exact) mass is 381 g/mol. The zero-order valence-electron chi connectivity index (χ0n) is 16.2. The summed E-state index contributed by atoms with van der Waals surface area (Å²) in [6.45, 7) is 4.44. The molecule has 2 heterocycles. The average molecular weight is 381 g/mol. The quantitative estimate of drug-likeness (QED) is 0.717. The molecule has 1 aromatic heterocycles. The van der Waals surface area contributed by atoms with E-state index in [1.807, 2.05) is 30.3 Å². The van der Waals surface area contributed by atoms with Gasteiger partial charge in [-0.25, -0.2) is 4.98 Å². The molecule has 3 rings (SSSR count). The predicted molar refractivity (Wildman–Crippen MR) is 111 cm³/mol. The third-order valence-corrected chi connectivity index (χ3v) is 4.76. The first-order valence-electron chi connectivity index (χ1n) is 9.64. The van der Waals surface area contributed by atoms with Crippen molar-refractivity contribution in [3.63, 3.8) is 0 Å². The van der Waals surface area contributed by atoms with Gasteiger partial charge in [-0.15, -0.1) is 0 Å². The topological polar surface area (TPSA) is 77.6 Å². The smallest absolute Gasteiger partial charge is 0.251 e. The molecule has 0 spiro atoms. The highest BCUT2D eigenvalue weighted by molar-refractivity contribution is 5.94. The van der Waals surface area contributed by atoms with Gasteiger partial charge in [-0.1, -0.05) is 18.2 Å². The van der Waals surface area contributed by atoms with Crippen molar-refractivity contribution < 1.29 is 9.59 Å². The molecule has 28 heavy (non-hydrogen) atoms. The number of carbonyl (C=O) groups is 2. The Bertz CT molecular complexity index is 771. The fourth-order valence-electron chi connectivity index (χ4n) is 3.05. The van der Waals surface area contributed by atoms with Gasteiger partial charge in [-0.3, -0.25) is 9.59 Å². The van der Waals surface area contributed by atoms with Crippen molar-refractivity contribution in [1.82, 2.24) is 15.2 Å². The fraction of sp³-hybridized carbons (Fsp3) is 0.381. The van der Waals surface area contributed by atoms with Gasteiger partial charge >= 0.3 is 0 Å². The van der Waals surface area contributed by atoms with Gasteiger partial charge in [-0.2, -0.15) is 0 Å². The van der Waals surface area contributed by atoms with Crippen LogP contribution < -0.4 is 15.5 Å². The zero-order chi connectivity index (χ0) is 19.8. The minimum Gasteiger partial charge on any atom is -0.354 e. The Hall–Kier alpha value is -2.93. The summed E-state index contributed by atoms with van der Waals surface area (Å²) in [5, 5.41) is 5.68. The molecule has 0 saturated carbocycles. The van der Waals surface area contributed by atoms with E-state index in [4.69, 9.17) is 0 Å². The van der Waals surface area contributed by atoms with E-state index in [9.17, 15) is 9.59 Å². The van der Waals surface area contributed by atoms with Crippen molar-refractivity contribution in [3.8, 4) is 0 Å². The molecule has 0 unspecified atom stereocenters. The van der Waals surface area contributed by atoms with Gasteiger partial charge in [-0.05, 0) is 37.7 Å². The van der Waals surface area contributed by atoms with Crippen LogP contribution in [0.5, 0.6) is 0 Å². The van der Waals surface area contributed by atoms with Gasteiger partial charge in [0.1, 0.15) is 5.82 Å². The van der Waals surface area contributed by atoms with Gasteiger partial charge in [0.2, 0.25) is 5.91 Å². The highest BCUT2D eigenvalue weighted by Crippen LogP contribution is 2.16. The van der Waals surface area contributed by atoms with Crippen LogP contribution in [0.15, 0.2) is 48.7 Å². The standard InChI is InChI=1S/C21H27N5O2/c1-25-12-14-26(15-13-25)19-10-9-18(16-23-19)24-20(27)8-5-11-22-21(28)17-6-3-2-4-7-17/h2-4,6-7,9-10,16H,5,8,11-15H2,1H3,(H,22,28)(H,24,27). The van der Waals surface area contributed by atoms with Gasteiger partial charge in [0.25, 0.3) is 5.91 Å². The maximum atomic E-state index is 12.1. The fourth-order valence-corrected chi connectivity index (χ4v) is 3.05. The largest absolute Gasteiger partial charge is 0.354 e. The molecule has 0 bridgehead atoms. The molecule has 1 aliphatic rings. The summed E-state index contributed by atoms with van der Waals surface area (Å²) in [6, 6.07) is 12.9. The molecule has 1 saturated heterocycles. The van der Waals surface area contributed by atoms with Gasteiger partial charge in [0.15, 0.2) is 0 Å². The van der Waals surface area contributed by atoms with E-state index < -0.39 is 0 Å². The summed E-state index contributed by atoms with van der Waals surface area (Å²) >= 11 is 0. The second-order valence-electron chi connectivity index (χ2n) is 6.97. The van der Waals surface area contributed by atoms with Crippen LogP contribution in [0.25, 0.3) is 0 Å². The number of anilines is 2. The number of amides is 2. The highest BCUT2D eigenvalue weighted by Gasteiger charge is 2.15. The lowest BCUT2D eigenvalue weighted by atomic mass is 10.2. The molecule has 0 aliphatic carbocycles. The Morgan fingerprint density at radius 2 is 1.79 bits per heavy atom. The number of piperazine rings is 1. The van der Waals surface area contributed by atoms with Crippen molar-refractivity contribution in [2.45, 2.75) is 12.8 Å². The Kier molecular flexibility index (Phi) is 6.97. The Labute approximate surface area is 165 Å². The Morgan fingerprint density at radius 1 is 1.04 bits per heavy atom. The minimum absolute atomic E-state index is 0.0805. The SMILES string of the molecule is CN1CCN(c2ccc(NC(=O)CCCNC(=O)c3ccccc3)cn2)CC1. The number of hydrogen-bond acceptors (Lipinski definition) is 5. The molecule has 0 radical (unpaired) electrons. The van der Waals surface area contributed by atoms with Crippen molar-refractivity contribution in [3.05, 3.63) is 54.2 Å². The van der Waals surface area contributed by atoms with E-state index in [1.165, 1.54) is 0 Å². The molecular formula is C21H27N5O2. The second kappa shape index (κ2) is 9.85. The summed E-state index contributed by atoms with van der Waals surface area (Å²) in [5.41, 5.74) is 1.31. The van der Waals surface area contributed by atoms with Crippen LogP contribution in [0.4, 0.5) is 11.5 Å². The van der Waals surface area contributed by atoms with E-state index in [-0.39, 0.29) is 11.8 Å². The van der Waals surface area contributed by atoms with Crippen LogP contribution >= 0.6 is 0 Å². The van der Waals surface area contributed by atoms with Crippen molar-refractivity contribution in [2.24, 2.45) is 0 Å². The first kappa shape index (κ1) is 19.8. The zero-order valence-corrected chi connectivity index (χ0v) is 16.2. The first-order chi connectivity index (χ1) is 13.6. The molecular weight excluding hydrogens is 354 g/mol. The molecule has 7 nitrogen and oxygen atoms in total. The molecule has 148 valence electrons. The number of pyridine rings is 1. The average Bonchev–Trinajstić information content (AvgIpc) is 2.73. The van der Waals surface area contributed by atoms with E-state index in [0.717, 1.165) is 32.0 Å². The summed E-state index contributed by atoms with van der Waals surface area (Å²) in [6.07, 6.45) is 2.62. The number of rotatable bonds is 7. The number of hydrogen-bond donors (Lipinski definition) is 2.